The Hall–Kier alpha value is -1.42. The molecular formula is C12H17FN2O. The van der Waals surface area contributed by atoms with Crippen LogP contribution >= 0.6 is 0 Å². The van der Waals surface area contributed by atoms with E-state index in [4.69, 9.17) is 0 Å². The first-order chi connectivity index (χ1) is 7.65. The summed E-state index contributed by atoms with van der Waals surface area (Å²) >= 11 is 0. The van der Waals surface area contributed by atoms with Gasteiger partial charge in [-0.15, -0.1) is 0 Å². The second-order valence-electron chi connectivity index (χ2n) is 3.64. The zero-order valence-electron chi connectivity index (χ0n) is 9.59. The van der Waals surface area contributed by atoms with E-state index in [1.165, 1.54) is 6.07 Å². The molecule has 1 unspecified atom stereocenters. The number of rotatable bonds is 5. The maximum Gasteiger partial charge on any atom is 0.236 e. The highest BCUT2D eigenvalue weighted by atomic mass is 19.1. The Balaban J connectivity index is 2.36. The number of nitrogens with one attached hydrogen (secondary N) is 2. The molecule has 0 aliphatic heterocycles. The molecule has 2 N–H and O–H groups in total. The molecule has 0 saturated heterocycles. The van der Waals surface area contributed by atoms with E-state index >= 15 is 0 Å². The van der Waals surface area contributed by atoms with E-state index in [2.05, 4.69) is 10.6 Å². The monoisotopic (exact) mass is 224 g/mol. The zero-order valence-corrected chi connectivity index (χ0v) is 9.59. The Morgan fingerprint density at radius 1 is 1.44 bits per heavy atom. The van der Waals surface area contributed by atoms with Crippen molar-refractivity contribution in [3.8, 4) is 0 Å². The van der Waals surface area contributed by atoms with Crippen LogP contribution in [0.2, 0.25) is 0 Å². The molecule has 0 heterocycles. The Morgan fingerprint density at radius 3 is 2.75 bits per heavy atom. The van der Waals surface area contributed by atoms with E-state index in [1.54, 1.807) is 32.2 Å². The van der Waals surface area contributed by atoms with Crippen molar-refractivity contribution >= 4 is 5.91 Å². The van der Waals surface area contributed by atoms with Crippen molar-refractivity contribution in [1.29, 1.82) is 0 Å². The quantitative estimate of drug-likeness (QED) is 0.786. The third kappa shape index (κ3) is 3.62. The molecule has 0 fully saturated rings. The predicted octanol–water partition coefficient (Wildman–Crippen LogP) is 1.09. The number of likely N-dealkylation sites (N-methyl/N-ethyl adjacent to an activating group) is 1. The predicted molar refractivity (Wildman–Crippen MR) is 61.6 cm³/mol. The Labute approximate surface area is 95.0 Å². The summed E-state index contributed by atoms with van der Waals surface area (Å²) in [5.74, 6) is -0.294. The average Bonchev–Trinajstić information content (AvgIpc) is 2.30. The van der Waals surface area contributed by atoms with Gasteiger partial charge in [0.25, 0.3) is 0 Å². The maximum absolute atomic E-state index is 13.2. The number of hydrogen-bond donors (Lipinski definition) is 2. The lowest BCUT2D eigenvalue weighted by Crippen LogP contribution is -2.41. The lowest BCUT2D eigenvalue weighted by molar-refractivity contribution is -0.122. The summed E-state index contributed by atoms with van der Waals surface area (Å²) in [6, 6.07) is 6.37. The molecule has 0 saturated carbocycles. The van der Waals surface area contributed by atoms with Crippen LogP contribution in [0.25, 0.3) is 0 Å². The molecule has 4 heteroatoms. The number of hydrogen-bond acceptors (Lipinski definition) is 2. The van der Waals surface area contributed by atoms with Crippen LogP contribution in [0.5, 0.6) is 0 Å². The number of carbonyl (C=O) groups excluding carboxylic acids is 1. The highest BCUT2D eigenvalue weighted by Crippen LogP contribution is 2.06. The molecule has 0 aromatic heterocycles. The second kappa shape index (κ2) is 6.23. The molecule has 3 nitrogen and oxygen atoms in total. The molecule has 1 atom stereocenters. The van der Waals surface area contributed by atoms with Crippen LogP contribution in [0.3, 0.4) is 0 Å². The molecule has 0 aliphatic carbocycles. The Bertz CT molecular complexity index is 355. The summed E-state index contributed by atoms with van der Waals surface area (Å²) < 4.78 is 13.2. The van der Waals surface area contributed by atoms with Gasteiger partial charge in [-0.1, -0.05) is 18.2 Å². The third-order valence-corrected chi connectivity index (χ3v) is 2.48. The first-order valence-corrected chi connectivity index (χ1v) is 5.33. The summed E-state index contributed by atoms with van der Waals surface area (Å²) in [4.78, 5) is 11.4. The molecular weight excluding hydrogens is 207 g/mol. The van der Waals surface area contributed by atoms with Crippen molar-refractivity contribution < 1.29 is 9.18 Å². The normalized spacial score (nSPS) is 12.2. The fraction of sp³-hybridized carbons (Fsp3) is 0.417. The summed E-state index contributed by atoms with van der Waals surface area (Å²) in [7, 11) is 1.72. The number of benzene rings is 1. The summed E-state index contributed by atoms with van der Waals surface area (Å²) in [5.41, 5.74) is 0.625. The van der Waals surface area contributed by atoms with Gasteiger partial charge >= 0.3 is 0 Å². The van der Waals surface area contributed by atoms with Crippen LogP contribution in [0.4, 0.5) is 4.39 Å². The van der Waals surface area contributed by atoms with Crippen LogP contribution in [0.1, 0.15) is 12.5 Å². The van der Waals surface area contributed by atoms with E-state index in [-0.39, 0.29) is 17.8 Å². The topological polar surface area (TPSA) is 41.1 Å². The minimum atomic E-state index is -0.224. The van der Waals surface area contributed by atoms with Gasteiger partial charge in [0.1, 0.15) is 5.82 Å². The molecule has 0 bridgehead atoms. The number of halogens is 1. The van der Waals surface area contributed by atoms with E-state index in [9.17, 15) is 9.18 Å². The zero-order chi connectivity index (χ0) is 12.0. The lowest BCUT2D eigenvalue weighted by Gasteiger charge is -2.11. The Morgan fingerprint density at radius 2 is 2.12 bits per heavy atom. The second-order valence-corrected chi connectivity index (χ2v) is 3.64. The summed E-state index contributed by atoms with van der Waals surface area (Å²) in [6.07, 6.45) is 0.509. The summed E-state index contributed by atoms with van der Waals surface area (Å²) in [6.45, 7) is 2.23. The molecule has 0 spiro atoms. The smallest absolute Gasteiger partial charge is 0.236 e. The van der Waals surface area contributed by atoms with Gasteiger partial charge in [0.05, 0.1) is 6.04 Å². The van der Waals surface area contributed by atoms with Gasteiger partial charge in [0.2, 0.25) is 5.91 Å². The molecule has 1 aromatic rings. The lowest BCUT2D eigenvalue weighted by atomic mass is 10.1. The molecule has 0 aliphatic rings. The van der Waals surface area contributed by atoms with Gasteiger partial charge in [0, 0.05) is 6.54 Å². The average molecular weight is 224 g/mol. The molecule has 1 amide bonds. The number of amides is 1. The first-order valence-electron chi connectivity index (χ1n) is 5.33. The maximum atomic E-state index is 13.2. The standard InChI is InChI=1S/C12H17FN2O/c1-9(14-2)12(16)15-8-7-10-5-3-4-6-11(10)13/h3-6,9,14H,7-8H2,1-2H3,(H,15,16). The number of carbonyl (C=O) groups is 1. The van der Waals surface area contributed by atoms with Crippen molar-refractivity contribution in [1.82, 2.24) is 10.6 Å². The first kappa shape index (κ1) is 12.6. The van der Waals surface area contributed by atoms with Crippen LogP contribution in [0.15, 0.2) is 24.3 Å². The molecule has 1 aromatic carbocycles. The van der Waals surface area contributed by atoms with Gasteiger partial charge in [-0.3, -0.25) is 4.79 Å². The minimum absolute atomic E-state index is 0.0705. The van der Waals surface area contributed by atoms with Crippen LogP contribution in [-0.4, -0.2) is 25.5 Å². The molecule has 0 radical (unpaired) electrons. The third-order valence-electron chi connectivity index (χ3n) is 2.48. The van der Waals surface area contributed by atoms with Crippen molar-refractivity contribution in [2.75, 3.05) is 13.6 Å². The molecule has 16 heavy (non-hydrogen) atoms. The highest BCUT2D eigenvalue weighted by Gasteiger charge is 2.09. The van der Waals surface area contributed by atoms with Crippen LogP contribution in [-0.2, 0) is 11.2 Å². The van der Waals surface area contributed by atoms with Crippen molar-refractivity contribution in [3.63, 3.8) is 0 Å². The van der Waals surface area contributed by atoms with Crippen LogP contribution in [0, 0.1) is 5.82 Å². The van der Waals surface area contributed by atoms with Gasteiger partial charge < -0.3 is 10.6 Å². The Kier molecular flexibility index (Phi) is 4.92. The van der Waals surface area contributed by atoms with Gasteiger partial charge in [-0.2, -0.15) is 0 Å². The van der Waals surface area contributed by atoms with Gasteiger partial charge in [0.15, 0.2) is 0 Å². The van der Waals surface area contributed by atoms with E-state index in [1.807, 2.05) is 0 Å². The van der Waals surface area contributed by atoms with E-state index < -0.39 is 0 Å². The van der Waals surface area contributed by atoms with Gasteiger partial charge in [-0.05, 0) is 32.0 Å². The van der Waals surface area contributed by atoms with E-state index in [0.29, 0.717) is 18.5 Å². The highest BCUT2D eigenvalue weighted by molar-refractivity contribution is 5.81. The minimum Gasteiger partial charge on any atom is -0.354 e. The SMILES string of the molecule is CNC(C)C(=O)NCCc1ccccc1F. The largest absolute Gasteiger partial charge is 0.354 e. The van der Waals surface area contributed by atoms with Gasteiger partial charge in [-0.25, -0.2) is 4.39 Å². The molecule has 1 rings (SSSR count). The van der Waals surface area contributed by atoms with Crippen molar-refractivity contribution in [2.45, 2.75) is 19.4 Å². The fourth-order valence-corrected chi connectivity index (χ4v) is 1.31. The summed E-state index contributed by atoms with van der Waals surface area (Å²) in [5, 5.41) is 5.58. The molecule has 88 valence electrons. The fourth-order valence-electron chi connectivity index (χ4n) is 1.31. The van der Waals surface area contributed by atoms with Crippen LogP contribution < -0.4 is 10.6 Å². The van der Waals surface area contributed by atoms with Crippen molar-refractivity contribution in [3.05, 3.63) is 35.6 Å². The van der Waals surface area contributed by atoms with Crippen molar-refractivity contribution in [2.24, 2.45) is 0 Å². The van der Waals surface area contributed by atoms with E-state index in [0.717, 1.165) is 0 Å².